The monoisotopic (exact) mass is 511 g/mol. The van der Waals surface area contributed by atoms with Gasteiger partial charge in [-0.1, -0.05) is 49.4 Å². The van der Waals surface area contributed by atoms with Gasteiger partial charge in [0.2, 0.25) is 5.82 Å². The Morgan fingerprint density at radius 1 is 1.11 bits per heavy atom. The molecule has 0 aromatic heterocycles. The van der Waals surface area contributed by atoms with Crippen molar-refractivity contribution in [2.45, 2.75) is 32.7 Å². The van der Waals surface area contributed by atoms with Crippen molar-refractivity contribution < 1.29 is 28.4 Å². The third kappa shape index (κ3) is 6.21. The number of ether oxygens (including phenoxy) is 2. The van der Waals surface area contributed by atoms with Crippen molar-refractivity contribution >= 4 is 17.6 Å². The minimum atomic E-state index is -1.25. The minimum absolute atomic E-state index is 0.00291. The largest absolute Gasteiger partial charge is 0.466 e. The lowest BCUT2D eigenvalue weighted by molar-refractivity contribution is -0.387. The van der Waals surface area contributed by atoms with E-state index in [1.165, 1.54) is 19.2 Å². The number of allylic oxidation sites excluding steroid dienone is 2. The Hall–Kier alpha value is -4.05. The van der Waals surface area contributed by atoms with Gasteiger partial charge in [0.15, 0.2) is 0 Å². The second-order valence-electron chi connectivity index (χ2n) is 8.63. The van der Waals surface area contributed by atoms with Gasteiger partial charge in [0.25, 0.3) is 0 Å². The van der Waals surface area contributed by atoms with Gasteiger partial charge in [0, 0.05) is 36.1 Å². The molecule has 0 saturated carbocycles. The van der Waals surface area contributed by atoms with Crippen LogP contribution in [0.3, 0.4) is 0 Å². The first-order valence-corrected chi connectivity index (χ1v) is 11.8. The summed E-state index contributed by atoms with van der Waals surface area (Å²) >= 11 is 0. The zero-order chi connectivity index (χ0) is 27.1. The van der Waals surface area contributed by atoms with E-state index in [0.717, 1.165) is 11.6 Å². The highest BCUT2D eigenvalue weighted by Crippen LogP contribution is 2.42. The zero-order valence-corrected chi connectivity index (χ0v) is 21.2. The van der Waals surface area contributed by atoms with Gasteiger partial charge in [0.05, 0.1) is 29.1 Å². The normalized spacial score (nSPS) is 15.5. The van der Waals surface area contributed by atoms with E-state index in [-0.39, 0.29) is 23.3 Å². The van der Waals surface area contributed by atoms with Gasteiger partial charge in [-0.15, -0.1) is 0 Å². The summed E-state index contributed by atoms with van der Waals surface area (Å²) in [7, 11) is 3.07. The molecule has 0 amide bonds. The zero-order valence-electron chi connectivity index (χ0n) is 21.2. The number of hydrogen-bond donors (Lipinski definition) is 1. The smallest absolute Gasteiger partial charge is 0.336 e. The summed E-state index contributed by atoms with van der Waals surface area (Å²) in [6.45, 7) is 4.52. The maximum absolute atomic E-state index is 15.4. The third-order valence-corrected chi connectivity index (χ3v) is 6.14. The van der Waals surface area contributed by atoms with Gasteiger partial charge in [0.1, 0.15) is 6.61 Å². The van der Waals surface area contributed by atoms with E-state index >= 15 is 4.39 Å². The highest BCUT2D eigenvalue weighted by atomic mass is 19.1. The average molecular weight is 512 g/mol. The fraction of sp³-hybridized carbons (Fsp3) is 0.333. The van der Waals surface area contributed by atoms with Gasteiger partial charge in [-0.2, -0.15) is 4.39 Å². The summed E-state index contributed by atoms with van der Waals surface area (Å²) in [6.07, 6.45) is 0.349. The van der Waals surface area contributed by atoms with Gasteiger partial charge in [-0.25, -0.2) is 9.59 Å². The summed E-state index contributed by atoms with van der Waals surface area (Å²) in [5.41, 5.74) is 0.946. The van der Waals surface area contributed by atoms with E-state index in [1.807, 2.05) is 42.3 Å². The van der Waals surface area contributed by atoms with E-state index in [9.17, 15) is 19.7 Å². The molecule has 9 nitrogen and oxygen atoms in total. The number of nitrogens with one attached hydrogen (secondary N) is 1. The number of likely N-dealkylation sites (N-methyl/N-ethyl adjacent to an activating group) is 1. The SMILES string of the molecule is CCC1=C(C(=O)OC)C(c2cccc([N+](=O)[O-])c2F)C(C(=O)OCCN(C)Cc2ccccc2)=C(C)N1. The van der Waals surface area contributed by atoms with Crippen LogP contribution in [0.2, 0.25) is 0 Å². The molecule has 3 rings (SSSR count). The second-order valence-corrected chi connectivity index (χ2v) is 8.63. The van der Waals surface area contributed by atoms with Crippen LogP contribution >= 0.6 is 0 Å². The predicted octanol–water partition coefficient (Wildman–Crippen LogP) is 4.21. The summed E-state index contributed by atoms with van der Waals surface area (Å²) in [5, 5.41) is 14.4. The molecule has 196 valence electrons. The predicted molar refractivity (Wildman–Crippen MR) is 135 cm³/mol. The average Bonchev–Trinajstić information content (AvgIpc) is 2.88. The fourth-order valence-electron chi connectivity index (χ4n) is 4.36. The number of hydrogen-bond acceptors (Lipinski definition) is 8. The molecule has 1 aliphatic heterocycles. The molecule has 1 atom stereocenters. The number of esters is 2. The van der Waals surface area contributed by atoms with Gasteiger partial charge in [-0.3, -0.25) is 15.0 Å². The lowest BCUT2D eigenvalue weighted by Crippen LogP contribution is -2.34. The first-order chi connectivity index (χ1) is 17.7. The Morgan fingerprint density at radius 2 is 1.81 bits per heavy atom. The van der Waals surface area contributed by atoms with Crippen molar-refractivity contribution in [3.63, 3.8) is 0 Å². The number of nitro groups is 1. The number of dihydropyridines is 1. The molecule has 1 heterocycles. The van der Waals surface area contributed by atoms with Crippen LogP contribution in [0, 0.1) is 15.9 Å². The van der Waals surface area contributed by atoms with Crippen LogP contribution in [0.25, 0.3) is 0 Å². The van der Waals surface area contributed by atoms with Crippen LogP contribution in [0.4, 0.5) is 10.1 Å². The molecule has 10 heteroatoms. The molecule has 2 aromatic rings. The van der Waals surface area contributed by atoms with Crippen LogP contribution in [0.15, 0.2) is 71.1 Å². The molecule has 1 aliphatic rings. The van der Waals surface area contributed by atoms with Crippen LogP contribution in [-0.4, -0.2) is 49.1 Å². The van der Waals surface area contributed by atoms with E-state index in [0.29, 0.717) is 30.9 Å². The molecule has 0 saturated heterocycles. The van der Waals surface area contributed by atoms with Crippen molar-refractivity contribution in [3.8, 4) is 0 Å². The summed E-state index contributed by atoms with van der Waals surface area (Å²) in [6, 6.07) is 13.5. The number of rotatable bonds is 10. The Balaban J connectivity index is 1.93. The Bertz CT molecular complexity index is 1240. The van der Waals surface area contributed by atoms with E-state index in [2.05, 4.69) is 5.32 Å². The Kier molecular flexibility index (Phi) is 9.13. The van der Waals surface area contributed by atoms with E-state index in [1.54, 1.807) is 13.8 Å². The maximum atomic E-state index is 15.4. The van der Waals surface area contributed by atoms with Crippen LogP contribution in [0.1, 0.15) is 37.3 Å². The fourth-order valence-corrected chi connectivity index (χ4v) is 4.36. The molecule has 0 aliphatic carbocycles. The number of nitrogens with zero attached hydrogens (tertiary/aromatic N) is 2. The van der Waals surface area contributed by atoms with Gasteiger partial charge < -0.3 is 14.8 Å². The summed E-state index contributed by atoms with van der Waals surface area (Å²) < 4.78 is 25.9. The number of methoxy groups -OCH3 is 1. The number of halogens is 1. The molecular formula is C27H30FN3O6. The van der Waals surface area contributed by atoms with Crippen LogP contribution in [0.5, 0.6) is 0 Å². The molecule has 0 spiro atoms. The van der Waals surface area contributed by atoms with Crippen molar-refractivity contribution in [1.29, 1.82) is 0 Å². The molecule has 0 fully saturated rings. The van der Waals surface area contributed by atoms with Crippen molar-refractivity contribution in [2.24, 2.45) is 0 Å². The molecular weight excluding hydrogens is 481 g/mol. The van der Waals surface area contributed by atoms with Crippen molar-refractivity contribution in [3.05, 3.63) is 98.1 Å². The molecule has 1 unspecified atom stereocenters. The summed E-state index contributed by atoms with van der Waals surface area (Å²) in [5.74, 6) is -3.92. The van der Waals surface area contributed by atoms with E-state index in [4.69, 9.17) is 9.47 Å². The quantitative estimate of drug-likeness (QED) is 0.287. The van der Waals surface area contributed by atoms with Crippen LogP contribution < -0.4 is 5.32 Å². The molecule has 2 aromatic carbocycles. The van der Waals surface area contributed by atoms with Crippen molar-refractivity contribution in [2.75, 3.05) is 27.3 Å². The highest BCUT2D eigenvalue weighted by Gasteiger charge is 2.40. The number of carbonyl (C=O) groups is 2. The van der Waals surface area contributed by atoms with Crippen LogP contribution in [-0.2, 0) is 25.6 Å². The lowest BCUT2D eigenvalue weighted by atomic mass is 9.79. The first kappa shape index (κ1) is 27.5. The summed E-state index contributed by atoms with van der Waals surface area (Å²) in [4.78, 5) is 38.7. The topological polar surface area (TPSA) is 111 Å². The van der Waals surface area contributed by atoms with Crippen molar-refractivity contribution in [1.82, 2.24) is 10.2 Å². The molecule has 37 heavy (non-hydrogen) atoms. The van der Waals surface area contributed by atoms with Gasteiger partial charge in [-0.05, 0) is 26.0 Å². The lowest BCUT2D eigenvalue weighted by Gasteiger charge is -2.31. The number of nitro benzene ring substituents is 1. The molecule has 0 radical (unpaired) electrons. The Labute approximate surface area is 214 Å². The third-order valence-electron chi connectivity index (χ3n) is 6.14. The highest BCUT2D eigenvalue weighted by molar-refractivity contribution is 6.00. The number of benzene rings is 2. The first-order valence-electron chi connectivity index (χ1n) is 11.8. The molecule has 0 bridgehead atoms. The number of carbonyl (C=O) groups excluding carboxylic acids is 2. The van der Waals surface area contributed by atoms with Gasteiger partial charge >= 0.3 is 17.6 Å². The maximum Gasteiger partial charge on any atom is 0.336 e. The second kappa shape index (κ2) is 12.3. The Morgan fingerprint density at radius 3 is 2.43 bits per heavy atom. The standard InChI is InChI=1S/C27H30FN3O6/c1-5-20-24(26(32)36-4)23(19-12-9-13-21(25(19)28)31(34)35)22(17(2)29-20)27(33)37-15-14-30(3)16-18-10-7-6-8-11-18/h6-13,23,29H,5,14-16H2,1-4H3. The molecule has 1 N–H and O–H groups in total. The minimum Gasteiger partial charge on any atom is -0.466 e. The van der Waals surface area contributed by atoms with E-state index < -0.39 is 34.3 Å².